The van der Waals surface area contributed by atoms with Gasteiger partial charge in [0.1, 0.15) is 0 Å². The first-order valence-corrected chi connectivity index (χ1v) is 8.16. The third-order valence-corrected chi connectivity index (χ3v) is 4.35. The molecule has 0 aromatic carbocycles. The molecule has 1 rings (SSSR count). The molecular weight excluding hydrogens is 278 g/mol. The number of carbonyl (C=O) groups excluding carboxylic acids is 2. The lowest BCUT2D eigenvalue weighted by Crippen LogP contribution is -2.42. The van der Waals surface area contributed by atoms with Crippen LogP contribution >= 0.6 is 11.8 Å². The number of hydrogen-bond donors (Lipinski definition) is 3. The monoisotopic (exact) mass is 303 g/mol. The molecule has 116 valence electrons. The summed E-state index contributed by atoms with van der Waals surface area (Å²) in [4.78, 5) is 22.7. The summed E-state index contributed by atoms with van der Waals surface area (Å²) < 4.78 is 4.87. The lowest BCUT2D eigenvalue weighted by atomic mass is 10.1. The molecule has 3 N–H and O–H groups in total. The lowest BCUT2D eigenvalue weighted by Gasteiger charge is -2.20. The van der Waals surface area contributed by atoms with Crippen LogP contribution < -0.4 is 16.0 Å². The zero-order valence-corrected chi connectivity index (χ0v) is 12.9. The van der Waals surface area contributed by atoms with Crippen LogP contribution in [0.15, 0.2) is 0 Å². The lowest BCUT2D eigenvalue weighted by molar-refractivity contribution is -0.121. The van der Waals surface area contributed by atoms with E-state index in [4.69, 9.17) is 4.74 Å². The molecule has 0 bridgehead atoms. The zero-order valence-electron chi connectivity index (χ0n) is 12.1. The van der Waals surface area contributed by atoms with E-state index in [1.54, 1.807) is 7.11 Å². The minimum Gasteiger partial charge on any atom is -0.383 e. The predicted octanol–water partition coefficient (Wildman–Crippen LogP) is 0.724. The molecule has 6 nitrogen and oxygen atoms in total. The topological polar surface area (TPSA) is 79.5 Å². The van der Waals surface area contributed by atoms with Crippen molar-refractivity contribution in [3.63, 3.8) is 0 Å². The van der Waals surface area contributed by atoms with Crippen molar-refractivity contribution < 1.29 is 14.3 Å². The van der Waals surface area contributed by atoms with Crippen molar-refractivity contribution in [2.45, 2.75) is 30.9 Å². The van der Waals surface area contributed by atoms with Crippen LogP contribution in [0.1, 0.15) is 25.7 Å². The Labute approximate surface area is 124 Å². The van der Waals surface area contributed by atoms with Gasteiger partial charge in [-0.25, -0.2) is 4.79 Å². The maximum atomic E-state index is 11.5. The normalized spacial score (nSPS) is 19.4. The van der Waals surface area contributed by atoms with E-state index in [0.29, 0.717) is 31.4 Å². The largest absolute Gasteiger partial charge is 0.383 e. The highest BCUT2D eigenvalue weighted by Gasteiger charge is 2.14. The van der Waals surface area contributed by atoms with Crippen LogP contribution in [-0.4, -0.2) is 56.3 Å². The molecule has 0 spiro atoms. The second-order valence-corrected chi connectivity index (χ2v) is 6.13. The third kappa shape index (κ3) is 8.27. The van der Waals surface area contributed by atoms with Gasteiger partial charge in [-0.1, -0.05) is 6.42 Å². The Morgan fingerprint density at radius 1 is 1.45 bits per heavy atom. The maximum absolute atomic E-state index is 11.5. The molecule has 0 aliphatic carbocycles. The first-order valence-electron chi connectivity index (χ1n) is 7.11. The highest BCUT2D eigenvalue weighted by molar-refractivity contribution is 7.99. The number of hydrogen-bond acceptors (Lipinski definition) is 4. The molecule has 0 aromatic heterocycles. The molecule has 1 aliphatic rings. The number of methoxy groups -OCH3 is 1. The molecule has 1 unspecified atom stereocenters. The van der Waals surface area contributed by atoms with Crippen molar-refractivity contribution in [2.24, 2.45) is 0 Å². The van der Waals surface area contributed by atoms with Gasteiger partial charge in [0.15, 0.2) is 0 Å². The highest BCUT2D eigenvalue weighted by Crippen LogP contribution is 2.17. The number of rotatable bonds is 8. The molecule has 7 heteroatoms. The molecule has 1 fully saturated rings. The molecular formula is C13H25N3O3S. The number of unbranched alkanes of at least 4 members (excludes halogenated alkanes) is 1. The van der Waals surface area contributed by atoms with E-state index in [1.807, 2.05) is 11.8 Å². The quantitative estimate of drug-likeness (QED) is 0.577. The minimum atomic E-state index is -0.0761. The van der Waals surface area contributed by atoms with Gasteiger partial charge in [-0.2, -0.15) is 11.8 Å². The van der Waals surface area contributed by atoms with Crippen LogP contribution in [0.3, 0.4) is 0 Å². The minimum absolute atomic E-state index is 0.0761. The van der Waals surface area contributed by atoms with Gasteiger partial charge < -0.3 is 20.7 Å². The van der Waals surface area contributed by atoms with Gasteiger partial charge in [-0.15, -0.1) is 0 Å². The van der Waals surface area contributed by atoms with Gasteiger partial charge in [0.2, 0.25) is 5.91 Å². The summed E-state index contributed by atoms with van der Waals surface area (Å²) in [7, 11) is 1.62. The van der Waals surface area contributed by atoms with Gasteiger partial charge in [0.05, 0.1) is 6.61 Å². The summed E-state index contributed by atoms with van der Waals surface area (Å²) >= 11 is 1.88. The second-order valence-electron chi connectivity index (χ2n) is 4.72. The average molecular weight is 303 g/mol. The summed E-state index contributed by atoms with van der Waals surface area (Å²) in [5.41, 5.74) is 0. The Balaban J connectivity index is 2.04. The van der Waals surface area contributed by atoms with Crippen LogP contribution in [0, 0.1) is 0 Å². The fourth-order valence-electron chi connectivity index (χ4n) is 1.94. The molecule has 1 aliphatic heterocycles. The van der Waals surface area contributed by atoms with Crippen LogP contribution in [0.2, 0.25) is 0 Å². The van der Waals surface area contributed by atoms with Crippen LogP contribution in [-0.2, 0) is 9.53 Å². The highest BCUT2D eigenvalue weighted by atomic mass is 32.2. The van der Waals surface area contributed by atoms with Gasteiger partial charge >= 0.3 is 6.03 Å². The van der Waals surface area contributed by atoms with Gasteiger partial charge in [-0.05, 0) is 12.8 Å². The maximum Gasteiger partial charge on any atom is 0.314 e. The molecule has 3 amide bonds. The predicted molar refractivity (Wildman–Crippen MR) is 81.0 cm³/mol. The number of amides is 3. The second kappa shape index (κ2) is 10.8. The van der Waals surface area contributed by atoms with E-state index in [9.17, 15) is 9.59 Å². The summed E-state index contributed by atoms with van der Waals surface area (Å²) in [6, 6.07) is -0.0761. The molecule has 1 heterocycles. The number of thioether (sulfide) groups is 1. The van der Waals surface area contributed by atoms with Gasteiger partial charge in [0.25, 0.3) is 0 Å². The fraction of sp³-hybridized carbons (Fsp3) is 0.846. The standard InChI is InChI=1S/C13H25N3O3S/c1-19-8-6-14-12(17)5-3-2-4-11-10-16-13(18)15-7-9-20-11/h11H,2-10H2,1H3,(H,14,17)(H2,15,16,18). The van der Waals surface area contributed by atoms with Gasteiger partial charge in [-0.3, -0.25) is 4.79 Å². The molecule has 0 saturated carbocycles. The first kappa shape index (κ1) is 17.1. The van der Waals surface area contributed by atoms with Gasteiger partial charge in [0, 0.05) is 44.2 Å². The van der Waals surface area contributed by atoms with Crippen molar-refractivity contribution in [1.82, 2.24) is 16.0 Å². The Hall–Kier alpha value is -0.950. The van der Waals surface area contributed by atoms with E-state index in [-0.39, 0.29) is 11.9 Å². The number of ether oxygens (including phenoxy) is 1. The Bertz CT molecular complexity index is 303. The average Bonchev–Trinajstić information content (AvgIpc) is 2.42. The van der Waals surface area contributed by atoms with E-state index in [0.717, 1.165) is 31.6 Å². The fourth-order valence-corrected chi connectivity index (χ4v) is 3.03. The van der Waals surface area contributed by atoms with Crippen molar-refractivity contribution in [2.75, 3.05) is 39.1 Å². The first-order chi connectivity index (χ1) is 9.72. The number of urea groups is 1. The zero-order chi connectivity index (χ0) is 14.6. The Morgan fingerprint density at radius 3 is 3.10 bits per heavy atom. The molecule has 1 saturated heterocycles. The van der Waals surface area contributed by atoms with E-state index < -0.39 is 0 Å². The molecule has 1 atom stereocenters. The summed E-state index contributed by atoms with van der Waals surface area (Å²) in [5, 5.41) is 8.90. The van der Waals surface area contributed by atoms with Crippen LogP contribution in [0.5, 0.6) is 0 Å². The summed E-state index contributed by atoms with van der Waals surface area (Å²) in [5.74, 6) is 1.04. The molecule has 0 aromatic rings. The summed E-state index contributed by atoms with van der Waals surface area (Å²) in [6.45, 7) is 2.55. The van der Waals surface area contributed by atoms with Crippen molar-refractivity contribution in [3.05, 3.63) is 0 Å². The number of carbonyl (C=O) groups is 2. The third-order valence-electron chi connectivity index (χ3n) is 3.04. The van der Waals surface area contributed by atoms with E-state index in [2.05, 4.69) is 16.0 Å². The van der Waals surface area contributed by atoms with Crippen LogP contribution in [0.4, 0.5) is 4.79 Å². The Morgan fingerprint density at radius 2 is 2.30 bits per heavy atom. The SMILES string of the molecule is COCCNC(=O)CCCCC1CNC(=O)NCCS1. The summed E-state index contributed by atoms with van der Waals surface area (Å²) in [6.07, 6.45) is 3.51. The smallest absolute Gasteiger partial charge is 0.314 e. The van der Waals surface area contributed by atoms with E-state index in [1.165, 1.54) is 0 Å². The Kier molecular flexibility index (Phi) is 9.23. The molecule has 20 heavy (non-hydrogen) atoms. The van der Waals surface area contributed by atoms with Crippen molar-refractivity contribution >= 4 is 23.7 Å². The van der Waals surface area contributed by atoms with Crippen molar-refractivity contribution in [1.29, 1.82) is 0 Å². The molecule has 0 radical (unpaired) electrons. The van der Waals surface area contributed by atoms with Crippen molar-refractivity contribution in [3.8, 4) is 0 Å². The van der Waals surface area contributed by atoms with E-state index >= 15 is 0 Å². The van der Waals surface area contributed by atoms with Crippen LogP contribution in [0.25, 0.3) is 0 Å². The number of nitrogens with one attached hydrogen (secondary N) is 3.